The number of carbonyl (C=O) groups is 14. The normalized spacial score (nSPS) is 15.5. The fourth-order valence-electron chi connectivity index (χ4n) is 9.94. The summed E-state index contributed by atoms with van der Waals surface area (Å²) in [5.74, 6) is -12.7. The van der Waals surface area contributed by atoms with Gasteiger partial charge in [-0.15, -0.1) is 0 Å². The lowest BCUT2D eigenvalue weighted by molar-refractivity contribution is -0.145. The van der Waals surface area contributed by atoms with Gasteiger partial charge in [0.05, 0.1) is 25.7 Å². The summed E-state index contributed by atoms with van der Waals surface area (Å²) in [5, 5.41) is 87.5. The van der Waals surface area contributed by atoms with E-state index < -0.39 is 127 Å². The molecule has 1 heterocycles. The molecular formula is C61H97N9O22. The highest BCUT2D eigenvalue weighted by Gasteiger charge is 2.32. The Morgan fingerprint density at radius 1 is 0.478 bits per heavy atom. The number of carbonyl (C=O) groups excluding carboxylic acids is 6. The highest BCUT2D eigenvalue weighted by atomic mass is 16.4. The smallest absolute Gasteiger partial charge is 0.326 e. The molecular weight excluding hydrogens is 1210 g/mol. The number of rotatable bonds is 44. The van der Waals surface area contributed by atoms with Crippen molar-refractivity contribution in [2.24, 2.45) is 5.92 Å². The van der Waals surface area contributed by atoms with Crippen LogP contribution in [0, 0.1) is 5.92 Å². The van der Waals surface area contributed by atoms with Crippen molar-refractivity contribution in [3.05, 3.63) is 35.9 Å². The third-order valence-corrected chi connectivity index (χ3v) is 15.1. The molecule has 92 heavy (non-hydrogen) atoms. The maximum absolute atomic E-state index is 13.5. The highest BCUT2D eigenvalue weighted by Crippen LogP contribution is 2.18. The van der Waals surface area contributed by atoms with E-state index in [0.717, 1.165) is 25.7 Å². The first-order valence-electron chi connectivity index (χ1n) is 31.2. The summed E-state index contributed by atoms with van der Waals surface area (Å²) in [4.78, 5) is 174. The molecule has 31 heteroatoms. The number of unbranched alkanes of at least 4 members (excludes halogenated alkanes) is 7. The number of amides is 5. The average molecular weight is 1310 g/mol. The molecule has 0 bridgehead atoms. The molecule has 5 amide bonds. The second-order valence-corrected chi connectivity index (χ2v) is 22.8. The Morgan fingerprint density at radius 2 is 0.935 bits per heavy atom. The largest absolute Gasteiger partial charge is 0.481 e. The maximum atomic E-state index is 13.5. The topological polar surface area (TPSA) is 474 Å². The van der Waals surface area contributed by atoms with Crippen LogP contribution in [0.5, 0.6) is 0 Å². The standard InChI is InChI=1S/C40H61N7O14.C21H36N2O8/c1-27(33(49)23-30(22-29-8-4-3-5-9-29)38(57)43-31(39(58)59)10-6-7-13-41-28(2)48)42-34(50)12-11-32(40(60)61)47-20-18-45(25-36(53)54)16-14-44(24-35(51)52)15-17-46(19-21-47)26-37(55)56;1-2-3-4-5-7-10-15(24)11-8-6-9-12-16(19(27)28)22-21(31)23-17(20(29)30)13-14-18(25)26/h3-5,8-9,27,30-32H,6-7,10-26H2,1-2H3,(H,41,48)(H,42,50)(H,43,57)(H,51,52)(H,53,54)(H,55,56)(H,58,59)(H,60,61);16-17H,2-14H2,1H3,(H,25,26)(H,27,28)(H,29,30)(H2,22,23,31)/t27-,30+,31-,32-;16-,17-/m10/s1. The van der Waals surface area contributed by atoms with Crippen molar-refractivity contribution in [1.29, 1.82) is 0 Å². The molecule has 1 fully saturated rings. The van der Waals surface area contributed by atoms with E-state index in [2.05, 4.69) is 33.5 Å². The Balaban J connectivity index is 0.00000115. The molecule has 0 spiro atoms. The lowest BCUT2D eigenvalue weighted by Gasteiger charge is -2.35. The number of hydrogen-bond donors (Lipinski definition) is 13. The van der Waals surface area contributed by atoms with Gasteiger partial charge in [-0.05, 0) is 70.3 Å². The first kappa shape index (κ1) is 81.9. The summed E-state index contributed by atoms with van der Waals surface area (Å²) in [6.45, 7) is 4.86. The van der Waals surface area contributed by atoms with Gasteiger partial charge >= 0.3 is 53.8 Å². The van der Waals surface area contributed by atoms with E-state index in [4.69, 9.17) is 10.2 Å². The van der Waals surface area contributed by atoms with Gasteiger partial charge in [-0.25, -0.2) is 19.2 Å². The quantitative estimate of drug-likeness (QED) is 0.0415. The summed E-state index contributed by atoms with van der Waals surface area (Å²) >= 11 is 0. The average Bonchev–Trinajstić information content (AvgIpc) is 1.12. The number of ketones is 2. The van der Waals surface area contributed by atoms with Gasteiger partial charge in [0, 0.05) is 104 Å². The molecule has 0 aliphatic carbocycles. The first-order chi connectivity index (χ1) is 43.5. The summed E-state index contributed by atoms with van der Waals surface area (Å²) in [7, 11) is 0. The number of aliphatic carboxylic acids is 8. The van der Waals surface area contributed by atoms with E-state index in [-0.39, 0.29) is 116 Å². The van der Waals surface area contributed by atoms with Crippen LogP contribution in [0.3, 0.4) is 0 Å². The van der Waals surface area contributed by atoms with Gasteiger partial charge in [0.25, 0.3) is 0 Å². The molecule has 518 valence electrons. The van der Waals surface area contributed by atoms with Crippen LogP contribution in [0.2, 0.25) is 0 Å². The fourth-order valence-corrected chi connectivity index (χ4v) is 9.94. The SMILES string of the molecule is CC(=O)NCCCC[C@@H](NC(=O)[C@H](CC(=O)[C@@H](C)NC(=O)CC[C@H](C(=O)O)N1CCN(CC(=O)O)CCN(CC(=O)O)CCN(CC(=O)O)CC1)Cc1ccccc1)C(=O)O.CCCCCCCC(=O)CCCCC[C@H](NC(=O)N[C@@H](CCC(=O)O)C(=O)O)C(=O)O. The lowest BCUT2D eigenvalue weighted by Crippen LogP contribution is -2.52. The number of hydrogen-bond acceptors (Lipinski definition) is 18. The molecule has 1 aromatic rings. The van der Waals surface area contributed by atoms with E-state index in [9.17, 15) is 97.8 Å². The number of benzene rings is 1. The third kappa shape index (κ3) is 39.2. The van der Waals surface area contributed by atoms with Crippen LogP contribution in [0.15, 0.2) is 30.3 Å². The molecule has 2 rings (SSSR count). The van der Waals surface area contributed by atoms with Gasteiger partial charge in [0.2, 0.25) is 17.7 Å². The number of Topliss-reactive ketones (excluding diaryl/α,β-unsaturated/α-hetero) is 2. The monoisotopic (exact) mass is 1310 g/mol. The Bertz CT molecular complexity index is 2510. The van der Waals surface area contributed by atoms with Crippen molar-refractivity contribution in [3.63, 3.8) is 0 Å². The lowest BCUT2D eigenvalue weighted by atomic mass is 9.91. The van der Waals surface area contributed by atoms with Crippen LogP contribution in [0.4, 0.5) is 4.79 Å². The predicted molar refractivity (Wildman–Crippen MR) is 330 cm³/mol. The first-order valence-corrected chi connectivity index (χ1v) is 31.2. The molecule has 1 aromatic carbocycles. The van der Waals surface area contributed by atoms with Crippen LogP contribution in [-0.2, 0) is 68.7 Å². The van der Waals surface area contributed by atoms with Gasteiger partial charge in [0.1, 0.15) is 30.0 Å². The number of carboxylic acids is 8. The highest BCUT2D eigenvalue weighted by molar-refractivity contribution is 5.93. The molecule has 13 N–H and O–H groups in total. The number of nitrogens with zero attached hydrogens (tertiary/aromatic N) is 4. The van der Waals surface area contributed by atoms with E-state index >= 15 is 0 Å². The van der Waals surface area contributed by atoms with Crippen molar-refractivity contribution < 1.29 is 108 Å². The molecule has 31 nitrogen and oxygen atoms in total. The summed E-state index contributed by atoms with van der Waals surface area (Å²) in [5.41, 5.74) is 0.716. The van der Waals surface area contributed by atoms with Crippen LogP contribution in [0.1, 0.15) is 148 Å². The van der Waals surface area contributed by atoms with E-state index in [1.165, 1.54) is 25.2 Å². The van der Waals surface area contributed by atoms with Crippen molar-refractivity contribution in [2.75, 3.05) is 78.5 Å². The van der Waals surface area contributed by atoms with Crippen LogP contribution < -0.4 is 26.6 Å². The summed E-state index contributed by atoms with van der Waals surface area (Å²) in [6.07, 6.45) is 7.80. The molecule has 0 unspecified atom stereocenters. The number of nitrogens with one attached hydrogen (secondary N) is 5. The van der Waals surface area contributed by atoms with Gasteiger partial charge < -0.3 is 67.4 Å². The molecule has 0 aromatic heterocycles. The molecule has 6 atom stereocenters. The molecule has 0 saturated carbocycles. The Morgan fingerprint density at radius 3 is 1.39 bits per heavy atom. The van der Waals surface area contributed by atoms with Crippen molar-refractivity contribution >= 4 is 83.1 Å². The third-order valence-electron chi connectivity index (χ3n) is 15.1. The second-order valence-electron chi connectivity index (χ2n) is 22.8. The van der Waals surface area contributed by atoms with Gasteiger partial charge in [0.15, 0.2) is 5.78 Å². The minimum absolute atomic E-state index is 0.0191. The minimum atomic E-state index is -1.43. The molecule has 0 radical (unpaired) electrons. The zero-order valence-electron chi connectivity index (χ0n) is 53.1. The van der Waals surface area contributed by atoms with Gasteiger partial charge in [-0.3, -0.25) is 67.5 Å². The van der Waals surface area contributed by atoms with Crippen molar-refractivity contribution in [3.8, 4) is 0 Å². The fraction of sp³-hybridized carbons (Fsp3) is 0.672. The van der Waals surface area contributed by atoms with E-state index in [0.29, 0.717) is 57.1 Å². The minimum Gasteiger partial charge on any atom is -0.481 e. The Hall–Kier alpha value is -8.16. The second kappa shape index (κ2) is 46.8. The molecule has 1 aliphatic rings. The van der Waals surface area contributed by atoms with Crippen LogP contribution in [0.25, 0.3) is 0 Å². The Kier molecular flexibility index (Phi) is 41.7. The van der Waals surface area contributed by atoms with E-state index in [1.54, 1.807) is 45.0 Å². The molecule has 1 aliphatic heterocycles. The molecule has 1 saturated heterocycles. The summed E-state index contributed by atoms with van der Waals surface area (Å²) in [6, 6.07) is 1.55. The predicted octanol–water partition coefficient (Wildman–Crippen LogP) is 1.83. The van der Waals surface area contributed by atoms with Crippen molar-refractivity contribution in [2.45, 2.75) is 179 Å². The van der Waals surface area contributed by atoms with Crippen molar-refractivity contribution in [1.82, 2.24) is 46.2 Å². The van der Waals surface area contributed by atoms with Crippen LogP contribution in [-0.4, -0.2) is 252 Å². The van der Waals surface area contributed by atoms with Crippen LogP contribution >= 0.6 is 0 Å². The zero-order valence-corrected chi connectivity index (χ0v) is 53.1. The zero-order chi connectivity index (χ0) is 69.1. The maximum Gasteiger partial charge on any atom is 0.326 e. The van der Waals surface area contributed by atoms with E-state index in [1.807, 2.05) is 0 Å². The van der Waals surface area contributed by atoms with Gasteiger partial charge in [-0.1, -0.05) is 75.8 Å². The number of urea groups is 1. The number of carboxylic acid groups (broad SMARTS) is 8. The van der Waals surface area contributed by atoms with Gasteiger partial charge in [-0.2, -0.15) is 0 Å². The summed E-state index contributed by atoms with van der Waals surface area (Å²) < 4.78 is 0. The Labute approximate surface area is 535 Å².